The summed E-state index contributed by atoms with van der Waals surface area (Å²) < 4.78 is 0. The molecule has 0 fully saturated rings. The zero-order chi connectivity index (χ0) is 6.41. The Hall–Kier alpha value is 0.800. The van der Waals surface area contributed by atoms with Crippen molar-refractivity contribution in [3.8, 4) is 0 Å². The largest absolute Gasteiger partial charge is 0.303 e. The molecule has 4 heteroatoms. The van der Waals surface area contributed by atoms with Gasteiger partial charge in [0.15, 0.2) is 0 Å². The Morgan fingerprint density at radius 1 is 1.88 bits per heavy atom. The first-order valence-electron chi connectivity index (χ1n) is 2.25. The van der Waals surface area contributed by atoms with Crippen LogP contribution in [0.3, 0.4) is 0 Å². The molecule has 8 heavy (non-hydrogen) atoms. The summed E-state index contributed by atoms with van der Waals surface area (Å²) >= 11 is 0. The molecule has 0 aliphatic heterocycles. The highest BCUT2D eigenvalue weighted by molar-refractivity contribution is 8.94. The number of carbonyl (C=O) groups excluding carboxylic acids is 1. The first-order valence-corrected chi connectivity index (χ1v) is 6.04. The average molecular weight is 168 g/mol. The summed E-state index contributed by atoms with van der Waals surface area (Å²) in [5.74, 6) is 1.12. The quantitative estimate of drug-likeness (QED) is 0.363. The van der Waals surface area contributed by atoms with Crippen molar-refractivity contribution in [1.82, 2.24) is 0 Å². The van der Waals surface area contributed by atoms with E-state index in [2.05, 4.69) is 8.44 Å². The summed E-state index contributed by atoms with van der Waals surface area (Å²) in [7, 11) is 5.84. The molecule has 0 radical (unpaired) electrons. The Labute approximate surface area is 59.7 Å². The van der Waals surface area contributed by atoms with Gasteiger partial charge in [-0.3, -0.25) is 0 Å². The molecule has 48 valence electrons. The Kier molecular flexibility index (Phi) is 6.52. The highest BCUT2D eigenvalue weighted by atomic mass is 33.3. The zero-order valence-corrected chi connectivity index (χ0v) is 7.45. The average Bonchev–Trinajstić information content (AvgIpc) is 1.83. The molecular weight excluding hydrogens is 159 g/mol. The minimum atomic E-state index is 0.202. The summed E-state index contributed by atoms with van der Waals surface area (Å²) in [5.41, 5.74) is 0. The molecule has 0 aliphatic carbocycles. The van der Waals surface area contributed by atoms with Gasteiger partial charge in [0, 0.05) is 11.7 Å². The van der Waals surface area contributed by atoms with E-state index in [0.717, 1.165) is 12.0 Å². The molecule has 0 aromatic heterocycles. The van der Waals surface area contributed by atoms with Crippen LogP contribution >= 0.6 is 29.6 Å². The van der Waals surface area contributed by atoms with E-state index in [-0.39, 0.29) is 5.92 Å². The van der Waals surface area contributed by atoms with Crippen LogP contribution in [0.4, 0.5) is 0 Å². The highest BCUT2D eigenvalue weighted by Crippen LogP contribution is 2.29. The SMILES string of the molecule is CC(C=O)CSSP. The van der Waals surface area contributed by atoms with Crippen LogP contribution in [-0.4, -0.2) is 12.0 Å². The maximum Gasteiger partial charge on any atom is 0.123 e. The number of aldehydes is 1. The fourth-order valence-electron chi connectivity index (χ4n) is 0.186. The second-order valence-corrected chi connectivity index (χ2v) is 5.27. The minimum absolute atomic E-state index is 0.202. The van der Waals surface area contributed by atoms with E-state index in [9.17, 15) is 4.79 Å². The summed E-state index contributed by atoms with van der Waals surface area (Å²) in [5, 5.41) is 0. The van der Waals surface area contributed by atoms with Gasteiger partial charge in [-0.15, -0.1) is 0 Å². The van der Waals surface area contributed by atoms with Crippen molar-refractivity contribution in [2.45, 2.75) is 6.92 Å². The van der Waals surface area contributed by atoms with Crippen LogP contribution < -0.4 is 0 Å². The van der Waals surface area contributed by atoms with Crippen molar-refractivity contribution in [1.29, 1.82) is 0 Å². The lowest BCUT2D eigenvalue weighted by atomic mass is 10.3. The fourth-order valence-corrected chi connectivity index (χ4v) is 2.14. The molecule has 2 unspecified atom stereocenters. The normalized spacial score (nSPS) is 13.2. The molecule has 0 N–H and O–H groups in total. The van der Waals surface area contributed by atoms with E-state index in [4.69, 9.17) is 0 Å². The van der Waals surface area contributed by atoms with Gasteiger partial charge in [-0.25, -0.2) is 0 Å². The van der Waals surface area contributed by atoms with Gasteiger partial charge in [-0.1, -0.05) is 36.6 Å². The molecule has 0 rings (SSSR count). The van der Waals surface area contributed by atoms with Crippen molar-refractivity contribution in [3.63, 3.8) is 0 Å². The molecule has 2 atom stereocenters. The third kappa shape index (κ3) is 4.95. The maximum atomic E-state index is 9.98. The lowest BCUT2D eigenvalue weighted by Gasteiger charge is -1.96. The van der Waals surface area contributed by atoms with Gasteiger partial charge in [0.25, 0.3) is 0 Å². The van der Waals surface area contributed by atoms with Crippen molar-refractivity contribution < 1.29 is 4.79 Å². The molecule has 0 aromatic carbocycles. The molecule has 0 aliphatic rings. The fraction of sp³-hybridized carbons (Fsp3) is 0.750. The van der Waals surface area contributed by atoms with Gasteiger partial charge in [0.05, 0.1) is 0 Å². The second-order valence-electron chi connectivity index (χ2n) is 1.49. The number of rotatable bonds is 4. The van der Waals surface area contributed by atoms with E-state index < -0.39 is 0 Å². The summed E-state index contributed by atoms with van der Waals surface area (Å²) in [6.45, 7) is 1.92. The second kappa shape index (κ2) is 5.93. The van der Waals surface area contributed by atoms with Crippen molar-refractivity contribution in [2.75, 3.05) is 5.75 Å². The monoisotopic (exact) mass is 168 g/mol. The predicted octanol–water partition coefficient (Wildman–Crippen LogP) is 1.99. The van der Waals surface area contributed by atoms with E-state index in [0.29, 0.717) is 0 Å². The molecule has 0 saturated heterocycles. The lowest BCUT2D eigenvalue weighted by molar-refractivity contribution is -0.110. The summed E-state index contributed by atoms with van der Waals surface area (Å²) in [4.78, 5) is 9.98. The van der Waals surface area contributed by atoms with Gasteiger partial charge in [-0.2, -0.15) is 0 Å². The van der Waals surface area contributed by atoms with E-state index in [1.165, 1.54) is 0 Å². The van der Waals surface area contributed by atoms with Gasteiger partial charge in [-0.05, 0) is 0 Å². The van der Waals surface area contributed by atoms with Crippen LogP contribution in [-0.2, 0) is 4.79 Å². The first kappa shape index (κ1) is 8.80. The van der Waals surface area contributed by atoms with E-state index in [1.807, 2.05) is 6.92 Å². The van der Waals surface area contributed by atoms with Crippen LogP contribution in [0.25, 0.3) is 0 Å². The van der Waals surface area contributed by atoms with Crippen LogP contribution in [0.5, 0.6) is 0 Å². The molecule has 0 saturated carbocycles. The first-order chi connectivity index (χ1) is 3.81. The molecule has 0 amide bonds. The van der Waals surface area contributed by atoms with Crippen molar-refractivity contribution in [2.24, 2.45) is 5.92 Å². The Bertz CT molecular complexity index is 69.1. The molecule has 1 nitrogen and oxygen atoms in total. The lowest BCUT2D eigenvalue weighted by Crippen LogP contribution is -1.96. The van der Waals surface area contributed by atoms with Crippen LogP contribution in [0.1, 0.15) is 6.92 Å². The molecule has 0 bridgehead atoms. The molecular formula is C4H9OPS2. The third-order valence-corrected chi connectivity index (χ3v) is 3.47. The number of hydrogen-bond donors (Lipinski definition) is 0. The maximum absolute atomic E-state index is 9.98. The van der Waals surface area contributed by atoms with E-state index in [1.54, 1.807) is 21.2 Å². The number of hydrogen-bond acceptors (Lipinski definition) is 3. The minimum Gasteiger partial charge on any atom is -0.303 e. The molecule has 0 heterocycles. The molecule has 0 spiro atoms. The zero-order valence-electron chi connectivity index (χ0n) is 4.66. The number of carbonyl (C=O) groups is 1. The van der Waals surface area contributed by atoms with Gasteiger partial charge in [0.2, 0.25) is 0 Å². The van der Waals surface area contributed by atoms with Crippen LogP contribution in [0.15, 0.2) is 0 Å². The predicted molar refractivity (Wildman–Crippen MR) is 45.0 cm³/mol. The third-order valence-electron chi connectivity index (χ3n) is 0.631. The highest BCUT2D eigenvalue weighted by Gasteiger charge is 1.96. The smallest absolute Gasteiger partial charge is 0.123 e. The van der Waals surface area contributed by atoms with Gasteiger partial charge in [0.1, 0.15) is 6.29 Å². The van der Waals surface area contributed by atoms with Gasteiger partial charge < -0.3 is 4.79 Å². The van der Waals surface area contributed by atoms with Crippen molar-refractivity contribution >= 4 is 35.9 Å². The summed E-state index contributed by atoms with van der Waals surface area (Å²) in [6.07, 6.45) is 0.980. The standard InChI is InChI=1S/C4H9OPS2/c1-4(2-5)3-7-8-6/h2,4H,3,6H2,1H3. The Morgan fingerprint density at radius 2 is 2.50 bits per heavy atom. The Balaban J connectivity index is 2.98. The molecule has 0 aromatic rings. The summed E-state index contributed by atoms with van der Waals surface area (Å²) in [6, 6.07) is 0. The van der Waals surface area contributed by atoms with Crippen LogP contribution in [0, 0.1) is 5.92 Å². The van der Waals surface area contributed by atoms with Crippen LogP contribution in [0.2, 0.25) is 0 Å². The topological polar surface area (TPSA) is 17.1 Å². The van der Waals surface area contributed by atoms with Gasteiger partial charge >= 0.3 is 0 Å². The van der Waals surface area contributed by atoms with E-state index >= 15 is 0 Å². The van der Waals surface area contributed by atoms with Crippen molar-refractivity contribution in [3.05, 3.63) is 0 Å². The Morgan fingerprint density at radius 3 is 2.88 bits per heavy atom.